The average Bonchev–Trinajstić information content (AvgIpc) is 3.24. The molecule has 0 spiro atoms. The molecule has 0 aliphatic carbocycles. The van der Waals surface area contributed by atoms with Crippen LogP contribution in [-0.2, 0) is 28.6 Å². The van der Waals surface area contributed by atoms with Gasteiger partial charge in [-0.15, -0.1) is 0 Å². The molecule has 0 N–H and O–H groups in total. The van der Waals surface area contributed by atoms with Crippen molar-refractivity contribution < 1.29 is 28.6 Å². The molecule has 0 aromatic carbocycles. The van der Waals surface area contributed by atoms with E-state index in [2.05, 4.69) is 81.5 Å². The first-order valence-corrected chi connectivity index (χ1v) is 24.9. The van der Waals surface area contributed by atoms with Crippen molar-refractivity contribution >= 4 is 17.9 Å². The van der Waals surface area contributed by atoms with Gasteiger partial charge in [0, 0.05) is 19.3 Å². The molecule has 0 aromatic rings. The molecular formula is C54H92O6. The minimum absolute atomic E-state index is 0.103. The fourth-order valence-electron chi connectivity index (χ4n) is 6.72. The molecular weight excluding hydrogens is 745 g/mol. The Hall–Kier alpha value is -3.15. The van der Waals surface area contributed by atoms with Gasteiger partial charge in [0.2, 0.25) is 0 Å². The minimum atomic E-state index is -0.806. The maximum Gasteiger partial charge on any atom is 0.306 e. The fraction of sp³-hybridized carbons (Fsp3) is 0.722. The number of hydrogen-bond acceptors (Lipinski definition) is 6. The summed E-state index contributed by atoms with van der Waals surface area (Å²) in [5, 5.41) is 0. The fourth-order valence-corrected chi connectivity index (χ4v) is 6.72. The lowest BCUT2D eigenvalue weighted by Crippen LogP contribution is -2.30. The first-order chi connectivity index (χ1) is 29.5. The van der Waals surface area contributed by atoms with Crippen molar-refractivity contribution in [1.29, 1.82) is 0 Å². The number of carbonyl (C=O) groups is 3. The van der Waals surface area contributed by atoms with E-state index < -0.39 is 6.10 Å². The Morgan fingerprint density at radius 3 is 1.15 bits per heavy atom. The van der Waals surface area contributed by atoms with Crippen molar-refractivity contribution in [2.24, 2.45) is 0 Å². The summed E-state index contributed by atoms with van der Waals surface area (Å²) in [5.41, 5.74) is 0. The number of rotatable bonds is 44. The van der Waals surface area contributed by atoms with Gasteiger partial charge in [0.15, 0.2) is 6.10 Å². The molecule has 0 saturated carbocycles. The number of allylic oxidation sites excluding steroid dienone is 12. The van der Waals surface area contributed by atoms with Crippen LogP contribution in [0.1, 0.15) is 233 Å². The number of esters is 3. The first-order valence-electron chi connectivity index (χ1n) is 24.9. The van der Waals surface area contributed by atoms with Gasteiger partial charge < -0.3 is 14.2 Å². The Kier molecular flexibility index (Phi) is 46.0. The van der Waals surface area contributed by atoms with Crippen molar-refractivity contribution in [3.63, 3.8) is 0 Å². The van der Waals surface area contributed by atoms with Crippen LogP contribution >= 0.6 is 0 Å². The van der Waals surface area contributed by atoms with Crippen LogP contribution in [0.15, 0.2) is 72.9 Å². The lowest BCUT2D eigenvalue weighted by atomic mass is 10.0. The molecule has 60 heavy (non-hydrogen) atoms. The van der Waals surface area contributed by atoms with E-state index in [9.17, 15) is 14.4 Å². The summed E-state index contributed by atoms with van der Waals surface area (Å²) in [6.45, 7) is 6.42. The Balaban J connectivity index is 4.48. The van der Waals surface area contributed by atoms with Crippen molar-refractivity contribution in [3.05, 3.63) is 72.9 Å². The molecule has 0 aliphatic rings. The largest absolute Gasteiger partial charge is 0.462 e. The predicted octanol–water partition coefficient (Wildman–Crippen LogP) is 16.3. The number of hydrogen-bond donors (Lipinski definition) is 0. The molecule has 1 atom stereocenters. The summed E-state index contributed by atoms with van der Waals surface area (Å²) in [6, 6.07) is 0. The maximum atomic E-state index is 12.8. The molecule has 0 rings (SSSR count). The molecule has 0 aliphatic heterocycles. The molecule has 0 radical (unpaired) electrons. The summed E-state index contributed by atoms with van der Waals surface area (Å²) in [6.07, 6.45) is 60.4. The maximum absolute atomic E-state index is 12.8. The second-order valence-electron chi connectivity index (χ2n) is 16.3. The van der Waals surface area contributed by atoms with E-state index in [-0.39, 0.29) is 37.5 Å². The quantitative estimate of drug-likeness (QED) is 0.0263. The van der Waals surface area contributed by atoms with Gasteiger partial charge in [0.1, 0.15) is 13.2 Å². The topological polar surface area (TPSA) is 78.9 Å². The summed E-state index contributed by atoms with van der Waals surface area (Å²) < 4.78 is 16.7. The summed E-state index contributed by atoms with van der Waals surface area (Å²) in [5.74, 6) is -0.999. The Bertz CT molecular complexity index is 1140. The third-order valence-electron chi connectivity index (χ3n) is 10.5. The van der Waals surface area contributed by atoms with E-state index in [0.717, 1.165) is 89.9 Å². The highest BCUT2D eigenvalue weighted by Gasteiger charge is 2.19. The lowest BCUT2D eigenvalue weighted by Gasteiger charge is -2.18. The summed E-state index contributed by atoms with van der Waals surface area (Å²) in [7, 11) is 0. The molecule has 0 aromatic heterocycles. The number of carbonyl (C=O) groups excluding carboxylic acids is 3. The second-order valence-corrected chi connectivity index (χ2v) is 16.3. The highest BCUT2D eigenvalue weighted by molar-refractivity contribution is 5.71. The van der Waals surface area contributed by atoms with Crippen LogP contribution in [0.4, 0.5) is 0 Å². The van der Waals surface area contributed by atoms with Crippen LogP contribution in [-0.4, -0.2) is 37.2 Å². The molecule has 6 heteroatoms. The van der Waals surface area contributed by atoms with E-state index in [0.29, 0.717) is 19.3 Å². The summed E-state index contributed by atoms with van der Waals surface area (Å²) in [4.78, 5) is 37.9. The van der Waals surface area contributed by atoms with E-state index in [1.54, 1.807) is 0 Å². The molecule has 0 bridgehead atoms. The van der Waals surface area contributed by atoms with Crippen LogP contribution in [0, 0.1) is 0 Å². The molecule has 6 nitrogen and oxygen atoms in total. The van der Waals surface area contributed by atoms with Crippen LogP contribution in [0.3, 0.4) is 0 Å². The zero-order chi connectivity index (χ0) is 43.7. The third-order valence-corrected chi connectivity index (χ3v) is 10.5. The van der Waals surface area contributed by atoms with Crippen molar-refractivity contribution in [2.75, 3.05) is 13.2 Å². The van der Waals surface area contributed by atoms with Crippen LogP contribution in [0.25, 0.3) is 0 Å². The van der Waals surface area contributed by atoms with E-state index >= 15 is 0 Å². The standard InChI is InChI=1S/C54H92O6/c1-4-7-10-13-16-19-22-25-27-30-32-35-38-41-44-47-53(56)59-50-51(49-58-52(55)46-43-40-37-34-31-28-24-21-18-15-12-9-6-3)60-54(57)48-45-42-39-36-33-29-26-23-20-17-14-11-8-5-2/h9,12,16,18-19,21,25,27-28,31,37,40,51H,4-8,10-11,13-15,17,20,22-24,26,29-30,32-36,38-39,41-50H2,1-3H3/b12-9-,19-16-,21-18-,27-25-,31-28-,40-37-. The minimum Gasteiger partial charge on any atom is -0.462 e. The number of unbranched alkanes of at least 4 members (excludes halogenated alkanes) is 21. The Labute approximate surface area is 370 Å². The normalized spacial score (nSPS) is 12.7. The van der Waals surface area contributed by atoms with Gasteiger partial charge in [-0.1, -0.05) is 209 Å². The molecule has 1 unspecified atom stereocenters. The first kappa shape index (κ1) is 56.9. The van der Waals surface area contributed by atoms with Gasteiger partial charge in [0.25, 0.3) is 0 Å². The van der Waals surface area contributed by atoms with E-state index in [1.807, 2.05) is 12.2 Å². The molecule has 0 heterocycles. The molecule has 0 amide bonds. The SMILES string of the molecule is CC/C=C\C/C=C\C/C=C\C/C=C\CCC(=O)OCC(COC(=O)CCCCCCC/C=C\C/C=C\CCCCC)OC(=O)CCCCCCCCCCCCCCCC. The summed E-state index contributed by atoms with van der Waals surface area (Å²) >= 11 is 0. The van der Waals surface area contributed by atoms with E-state index in [4.69, 9.17) is 14.2 Å². The van der Waals surface area contributed by atoms with Gasteiger partial charge in [0.05, 0.1) is 0 Å². The van der Waals surface area contributed by atoms with Gasteiger partial charge in [-0.05, 0) is 77.0 Å². The number of ether oxygens (including phenoxy) is 3. The Morgan fingerprint density at radius 2 is 0.683 bits per heavy atom. The van der Waals surface area contributed by atoms with Gasteiger partial charge in [-0.25, -0.2) is 0 Å². The van der Waals surface area contributed by atoms with Crippen molar-refractivity contribution in [2.45, 2.75) is 239 Å². The zero-order valence-electron chi connectivity index (χ0n) is 39.2. The Morgan fingerprint density at radius 1 is 0.350 bits per heavy atom. The highest BCUT2D eigenvalue weighted by atomic mass is 16.6. The van der Waals surface area contributed by atoms with Crippen LogP contribution < -0.4 is 0 Å². The molecule has 344 valence electrons. The van der Waals surface area contributed by atoms with Gasteiger partial charge >= 0.3 is 17.9 Å². The van der Waals surface area contributed by atoms with Crippen molar-refractivity contribution in [3.8, 4) is 0 Å². The van der Waals surface area contributed by atoms with Crippen molar-refractivity contribution in [1.82, 2.24) is 0 Å². The zero-order valence-corrected chi connectivity index (χ0v) is 39.2. The predicted molar refractivity (Wildman–Crippen MR) is 256 cm³/mol. The van der Waals surface area contributed by atoms with Crippen LogP contribution in [0.5, 0.6) is 0 Å². The monoisotopic (exact) mass is 837 g/mol. The highest BCUT2D eigenvalue weighted by Crippen LogP contribution is 2.15. The smallest absolute Gasteiger partial charge is 0.306 e. The van der Waals surface area contributed by atoms with Gasteiger partial charge in [-0.3, -0.25) is 14.4 Å². The third kappa shape index (κ3) is 45.9. The van der Waals surface area contributed by atoms with Crippen LogP contribution in [0.2, 0.25) is 0 Å². The molecule has 0 fully saturated rings. The van der Waals surface area contributed by atoms with E-state index in [1.165, 1.54) is 96.3 Å². The molecule has 0 saturated heterocycles. The average molecular weight is 837 g/mol. The lowest BCUT2D eigenvalue weighted by molar-refractivity contribution is -0.166. The van der Waals surface area contributed by atoms with Gasteiger partial charge in [-0.2, -0.15) is 0 Å². The second kappa shape index (κ2) is 48.5.